The number of urea groups is 1. The first-order chi connectivity index (χ1) is 22.1. The predicted octanol–water partition coefficient (Wildman–Crippen LogP) is 5.21. The van der Waals surface area contributed by atoms with E-state index in [1.54, 1.807) is 56.5 Å². The van der Waals surface area contributed by atoms with Crippen LogP contribution >= 0.6 is 27.5 Å². The summed E-state index contributed by atoms with van der Waals surface area (Å²) in [6.45, 7) is 3.91. The van der Waals surface area contributed by atoms with Gasteiger partial charge in [0.25, 0.3) is 0 Å². The molecule has 1 aliphatic heterocycles. The quantitative estimate of drug-likeness (QED) is 0.0764. The molecule has 14 heteroatoms. The number of carbonyl (C=O) groups excluding carboxylic acids is 2. The molecule has 0 aliphatic carbocycles. The molecule has 0 fully saturated rings. The number of rotatable bonds is 14. The van der Waals surface area contributed by atoms with Crippen LogP contribution in [0.5, 0.6) is 23.0 Å². The first-order valence-corrected chi connectivity index (χ1v) is 15.3. The van der Waals surface area contributed by atoms with Crippen molar-refractivity contribution < 1.29 is 38.4 Å². The number of esters is 1. The van der Waals surface area contributed by atoms with E-state index in [0.29, 0.717) is 62.5 Å². The van der Waals surface area contributed by atoms with Gasteiger partial charge in [0.05, 0.1) is 38.7 Å². The van der Waals surface area contributed by atoms with Gasteiger partial charge in [0, 0.05) is 20.8 Å². The summed E-state index contributed by atoms with van der Waals surface area (Å²) in [5.41, 5.74) is 5.48. The van der Waals surface area contributed by atoms with Gasteiger partial charge in [0.1, 0.15) is 13.2 Å². The van der Waals surface area contributed by atoms with Crippen molar-refractivity contribution >= 4 is 45.7 Å². The molecule has 0 saturated carbocycles. The molecule has 0 aromatic heterocycles. The highest BCUT2D eigenvalue weighted by Crippen LogP contribution is 2.35. The van der Waals surface area contributed by atoms with E-state index in [-0.39, 0.29) is 12.2 Å². The van der Waals surface area contributed by atoms with Gasteiger partial charge < -0.3 is 39.4 Å². The lowest BCUT2D eigenvalue weighted by Crippen LogP contribution is -2.45. The molecule has 2 atom stereocenters. The van der Waals surface area contributed by atoms with Crippen molar-refractivity contribution in [1.82, 2.24) is 16.1 Å². The van der Waals surface area contributed by atoms with Crippen LogP contribution in [0.15, 0.2) is 75.4 Å². The van der Waals surface area contributed by atoms with Crippen LogP contribution < -0.4 is 35.0 Å². The number of allylic oxidation sites excluding steroid dienone is 1. The third kappa shape index (κ3) is 8.83. The number of amides is 2. The second-order valence-corrected chi connectivity index (χ2v) is 11.1. The molecule has 12 nitrogen and oxygen atoms in total. The third-order valence-electron chi connectivity index (χ3n) is 6.69. The number of carbonyl (C=O) groups is 2. The van der Waals surface area contributed by atoms with E-state index >= 15 is 0 Å². The van der Waals surface area contributed by atoms with Crippen molar-refractivity contribution in [2.75, 3.05) is 27.4 Å². The van der Waals surface area contributed by atoms with Gasteiger partial charge in [-0.15, -0.1) is 0 Å². The fraction of sp³-hybridized carbons (Fsp3) is 0.281. The van der Waals surface area contributed by atoms with Crippen LogP contribution in [-0.2, 0) is 16.1 Å². The van der Waals surface area contributed by atoms with Crippen molar-refractivity contribution in [3.8, 4) is 23.0 Å². The molecule has 0 bridgehead atoms. The fourth-order valence-electron chi connectivity index (χ4n) is 4.48. The highest BCUT2D eigenvalue weighted by molar-refractivity contribution is 9.10. The number of hydrogen-bond acceptors (Lipinski definition) is 10. The lowest BCUT2D eigenvalue weighted by molar-refractivity contribution is -0.136. The highest BCUT2D eigenvalue weighted by Gasteiger charge is 2.32. The topological polar surface area (TPSA) is 149 Å². The second kappa shape index (κ2) is 16.2. The van der Waals surface area contributed by atoms with Crippen molar-refractivity contribution in [2.24, 2.45) is 5.10 Å². The van der Waals surface area contributed by atoms with Crippen molar-refractivity contribution in [2.45, 2.75) is 32.7 Å². The van der Waals surface area contributed by atoms with Crippen LogP contribution in [0.1, 0.15) is 36.6 Å². The summed E-state index contributed by atoms with van der Waals surface area (Å²) in [6.07, 6.45) is 0.342. The maximum atomic E-state index is 12.5. The van der Waals surface area contributed by atoms with Crippen LogP contribution in [0, 0.1) is 0 Å². The van der Waals surface area contributed by atoms with Gasteiger partial charge in [0.15, 0.2) is 29.2 Å². The van der Waals surface area contributed by atoms with Crippen molar-refractivity contribution in [3.05, 3.63) is 92.1 Å². The van der Waals surface area contributed by atoms with Gasteiger partial charge in [-0.05, 0) is 77.3 Å². The smallest absolute Gasteiger partial charge is 0.337 e. The van der Waals surface area contributed by atoms with Gasteiger partial charge in [-0.25, -0.2) is 9.59 Å². The Bertz CT molecular complexity index is 1620. The lowest BCUT2D eigenvalue weighted by Gasteiger charge is -2.28. The number of nitrogens with zero attached hydrogens (tertiary/aromatic N) is 1. The van der Waals surface area contributed by atoms with E-state index in [1.165, 1.54) is 13.3 Å². The first kappa shape index (κ1) is 34.4. The number of hydrogen-bond donors (Lipinski definition) is 4. The van der Waals surface area contributed by atoms with Crippen molar-refractivity contribution in [3.63, 3.8) is 0 Å². The van der Waals surface area contributed by atoms with Crippen molar-refractivity contribution in [1.29, 1.82) is 0 Å². The predicted molar refractivity (Wildman–Crippen MR) is 175 cm³/mol. The summed E-state index contributed by atoms with van der Waals surface area (Å²) < 4.78 is 28.6. The molecular formula is C32H34BrClN4O8. The summed E-state index contributed by atoms with van der Waals surface area (Å²) >= 11 is 9.48. The maximum absolute atomic E-state index is 12.5. The molecule has 46 heavy (non-hydrogen) atoms. The molecule has 0 radical (unpaired) electrons. The number of benzene rings is 3. The van der Waals surface area contributed by atoms with Crippen LogP contribution in [-0.4, -0.2) is 57.0 Å². The number of methoxy groups -OCH3 is 2. The SMILES string of the molecule is CCOc1cc([C@H]2NC(=O)NC(C)=C2C(=O)OC)ccc1OC[C@@H](O)N/N=C\c1cc(OC)c(OCc2ccc(Cl)cc2)cc1Br. The highest BCUT2D eigenvalue weighted by atomic mass is 79.9. The minimum Gasteiger partial charge on any atom is -0.493 e. The summed E-state index contributed by atoms with van der Waals surface area (Å²) in [5, 5.41) is 20.6. The van der Waals surface area contributed by atoms with E-state index in [9.17, 15) is 14.7 Å². The molecule has 4 N–H and O–H groups in total. The van der Waals surface area contributed by atoms with Gasteiger partial charge in [-0.1, -0.05) is 29.8 Å². The number of aliphatic hydroxyl groups excluding tert-OH is 1. The Hall–Kier alpha value is -4.46. The van der Waals surface area contributed by atoms with Gasteiger partial charge in [0.2, 0.25) is 0 Å². The maximum Gasteiger partial charge on any atom is 0.337 e. The summed E-state index contributed by atoms with van der Waals surface area (Å²) in [5.74, 6) is 1.17. The Labute approximate surface area is 279 Å². The molecule has 2 amide bonds. The summed E-state index contributed by atoms with van der Waals surface area (Å²) in [7, 11) is 2.81. The molecule has 3 aromatic rings. The van der Waals surface area contributed by atoms with E-state index in [4.69, 9.17) is 35.3 Å². The Morgan fingerprint density at radius 1 is 1.07 bits per heavy atom. The standard InChI is InChI=1S/C32H34BrClN4O8/c1-5-44-26-12-20(30-29(31(40)43-4)18(2)36-32(41)37-30)8-11-24(26)46-17-28(39)38-35-15-21-13-25(42-3)27(14-23(21)33)45-16-19-6-9-22(34)10-7-19/h6-15,28,30,38-39H,5,16-17H2,1-4H3,(H2,36,37,41)/b35-15-/t28-,30-/m1/s1. The van der Waals surface area contributed by atoms with Crippen LogP contribution in [0.2, 0.25) is 5.02 Å². The number of ether oxygens (including phenoxy) is 5. The average Bonchev–Trinajstić information content (AvgIpc) is 3.04. The zero-order valence-electron chi connectivity index (χ0n) is 25.6. The molecule has 0 unspecified atom stereocenters. The van der Waals surface area contributed by atoms with E-state index in [0.717, 1.165) is 5.56 Å². The molecule has 0 saturated heterocycles. The van der Waals surface area contributed by atoms with Crippen LogP contribution in [0.25, 0.3) is 0 Å². The molecule has 4 rings (SSSR count). The van der Waals surface area contributed by atoms with Crippen LogP contribution in [0.3, 0.4) is 0 Å². The van der Waals surface area contributed by atoms with Crippen LogP contribution in [0.4, 0.5) is 4.79 Å². The zero-order chi connectivity index (χ0) is 33.2. The number of nitrogens with one attached hydrogen (secondary N) is 3. The third-order valence-corrected chi connectivity index (χ3v) is 7.63. The van der Waals surface area contributed by atoms with E-state index in [1.807, 2.05) is 19.1 Å². The first-order valence-electron chi connectivity index (χ1n) is 14.1. The number of halogens is 2. The second-order valence-electron chi connectivity index (χ2n) is 9.85. The Morgan fingerprint density at radius 2 is 1.80 bits per heavy atom. The fourth-order valence-corrected chi connectivity index (χ4v) is 5.03. The molecule has 0 spiro atoms. The molecule has 1 heterocycles. The molecule has 3 aromatic carbocycles. The largest absolute Gasteiger partial charge is 0.493 e. The molecule has 1 aliphatic rings. The zero-order valence-corrected chi connectivity index (χ0v) is 27.9. The van der Waals surface area contributed by atoms with E-state index in [2.05, 4.69) is 37.1 Å². The minimum atomic E-state index is -1.17. The van der Waals surface area contributed by atoms with Gasteiger partial charge in [-0.2, -0.15) is 5.10 Å². The normalized spacial score (nSPS) is 15.1. The lowest BCUT2D eigenvalue weighted by atomic mass is 9.95. The summed E-state index contributed by atoms with van der Waals surface area (Å²) in [4.78, 5) is 24.6. The molecular weight excluding hydrogens is 684 g/mol. The Kier molecular flexibility index (Phi) is 12.1. The minimum absolute atomic E-state index is 0.171. The Morgan fingerprint density at radius 3 is 2.50 bits per heavy atom. The molecule has 244 valence electrons. The average molecular weight is 718 g/mol. The monoisotopic (exact) mass is 716 g/mol. The van der Waals surface area contributed by atoms with Gasteiger partial charge >= 0.3 is 12.0 Å². The number of aliphatic hydroxyl groups is 1. The Balaban J connectivity index is 1.39. The van der Waals surface area contributed by atoms with Gasteiger partial charge in [-0.3, -0.25) is 5.43 Å². The van der Waals surface area contributed by atoms with E-state index < -0.39 is 24.3 Å². The summed E-state index contributed by atoms with van der Waals surface area (Å²) in [6, 6.07) is 14.7. The number of hydrazone groups is 1.